The van der Waals surface area contributed by atoms with Crippen molar-refractivity contribution >= 4 is 39.7 Å². The zero-order chi connectivity index (χ0) is 18.4. The minimum atomic E-state index is -0.724. The summed E-state index contributed by atoms with van der Waals surface area (Å²) in [5.74, 6) is -0.741. The van der Waals surface area contributed by atoms with E-state index in [1.165, 1.54) is 17.4 Å². The monoisotopic (exact) mass is 374 g/mol. The van der Waals surface area contributed by atoms with Gasteiger partial charge in [0.1, 0.15) is 16.3 Å². The van der Waals surface area contributed by atoms with E-state index < -0.39 is 11.8 Å². The highest BCUT2D eigenvalue weighted by molar-refractivity contribution is 7.21. The van der Waals surface area contributed by atoms with E-state index in [4.69, 9.17) is 9.15 Å². The number of ether oxygens (including phenoxy) is 1. The van der Waals surface area contributed by atoms with Crippen LogP contribution in [-0.2, 0) is 4.79 Å². The zero-order valence-corrected chi connectivity index (χ0v) is 14.5. The summed E-state index contributed by atoms with van der Waals surface area (Å²) in [6, 6.07) is 16.3. The Bertz CT molecular complexity index is 1210. The van der Waals surface area contributed by atoms with Crippen molar-refractivity contribution in [3.05, 3.63) is 71.6 Å². The normalized spacial score (nSPS) is 15.2. The number of benzene rings is 2. The number of hydrogen-bond donors (Lipinski definition) is 0. The highest BCUT2D eigenvalue weighted by Crippen LogP contribution is 2.32. The molecule has 6 nitrogen and oxygen atoms in total. The van der Waals surface area contributed by atoms with E-state index in [1.807, 2.05) is 30.3 Å². The third-order valence-corrected chi connectivity index (χ3v) is 5.06. The molecule has 1 aliphatic heterocycles. The summed E-state index contributed by atoms with van der Waals surface area (Å²) in [7, 11) is 0. The van der Waals surface area contributed by atoms with Crippen LogP contribution in [0, 0.1) is 0 Å². The number of rotatable bonds is 2. The molecule has 0 atom stereocenters. The Balaban J connectivity index is 1.52. The quantitative estimate of drug-likeness (QED) is 0.227. The Kier molecular flexibility index (Phi) is 3.48. The van der Waals surface area contributed by atoms with Gasteiger partial charge in [-0.3, -0.25) is 4.79 Å². The highest BCUT2D eigenvalue weighted by Gasteiger charge is 2.31. The van der Waals surface area contributed by atoms with Gasteiger partial charge in [0.15, 0.2) is 4.83 Å². The number of para-hydroxylation sites is 1. The van der Waals surface area contributed by atoms with Crippen molar-refractivity contribution in [2.75, 3.05) is 0 Å². The van der Waals surface area contributed by atoms with Crippen LogP contribution in [0.4, 0.5) is 0 Å². The van der Waals surface area contributed by atoms with E-state index in [-0.39, 0.29) is 17.2 Å². The third-order valence-electron chi connectivity index (χ3n) is 4.08. The van der Waals surface area contributed by atoms with Gasteiger partial charge in [0, 0.05) is 11.6 Å². The van der Waals surface area contributed by atoms with Gasteiger partial charge in [-0.15, -0.1) is 0 Å². The fourth-order valence-corrected chi connectivity index (χ4v) is 3.68. The molecule has 7 heteroatoms. The Morgan fingerprint density at radius 1 is 0.926 bits per heavy atom. The van der Waals surface area contributed by atoms with E-state index in [0.717, 1.165) is 10.6 Å². The number of oxazole rings is 1. The van der Waals surface area contributed by atoms with Gasteiger partial charge >= 0.3 is 5.97 Å². The second-order valence-corrected chi connectivity index (χ2v) is 6.80. The molecule has 0 spiro atoms. The Labute approximate surface area is 156 Å². The van der Waals surface area contributed by atoms with Crippen LogP contribution in [0.5, 0.6) is 5.75 Å². The van der Waals surface area contributed by atoms with Gasteiger partial charge in [-0.1, -0.05) is 53.8 Å². The van der Waals surface area contributed by atoms with Crippen LogP contribution < -0.4 is 4.74 Å². The second kappa shape index (κ2) is 6.00. The van der Waals surface area contributed by atoms with Gasteiger partial charge in [0.25, 0.3) is 5.71 Å². The molecule has 0 fully saturated rings. The predicted molar refractivity (Wildman–Crippen MR) is 99.5 cm³/mol. The fourth-order valence-electron chi connectivity index (χ4n) is 2.81. The molecule has 3 heterocycles. The topological polar surface area (TPSA) is 82.3 Å². The molecule has 27 heavy (non-hydrogen) atoms. The first kappa shape index (κ1) is 15.7. The van der Waals surface area contributed by atoms with Crippen molar-refractivity contribution in [3.63, 3.8) is 0 Å². The minimum Gasteiger partial charge on any atom is -0.422 e. The number of thiazole rings is 1. The molecule has 1 aliphatic rings. The van der Waals surface area contributed by atoms with Crippen molar-refractivity contribution in [3.8, 4) is 16.3 Å². The molecule has 0 saturated heterocycles. The number of nitrogens with zero attached hydrogens (tertiary/aromatic N) is 2. The van der Waals surface area contributed by atoms with Crippen LogP contribution in [-0.4, -0.2) is 21.7 Å². The zero-order valence-electron chi connectivity index (χ0n) is 13.7. The Morgan fingerprint density at radius 2 is 1.70 bits per heavy atom. The molecule has 0 saturated carbocycles. The predicted octanol–water partition coefficient (Wildman–Crippen LogP) is 4.14. The van der Waals surface area contributed by atoms with E-state index >= 15 is 0 Å². The molecule has 0 unspecified atom stereocenters. The molecule has 0 bridgehead atoms. The number of carbonyl (C=O) groups is 2. The molecular weight excluding hydrogens is 364 g/mol. The lowest BCUT2D eigenvalue weighted by Gasteiger charge is -2.15. The lowest BCUT2D eigenvalue weighted by molar-refractivity contribution is -0.130. The first-order valence-corrected chi connectivity index (χ1v) is 8.91. The maximum absolute atomic E-state index is 12.6. The molecule has 0 amide bonds. The van der Waals surface area contributed by atoms with Crippen LogP contribution in [0.2, 0.25) is 0 Å². The molecule has 0 aliphatic carbocycles. The first-order chi connectivity index (χ1) is 13.2. The lowest BCUT2D eigenvalue weighted by atomic mass is 9.99. The Morgan fingerprint density at radius 3 is 2.52 bits per heavy atom. The van der Waals surface area contributed by atoms with Gasteiger partial charge in [-0.2, -0.15) is 9.97 Å². The molecule has 0 radical (unpaired) electrons. The average molecular weight is 374 g/mol. The standard InChI is InChI=1S/C20H10N2O4S/c23-16-12-8-4-5-9-14(12)25-20(24)13(16)10-15-21-19-17(26-15)22-18(27-19)11-6-2-1-3-7-11/h1-10H/b13-10-. The smallest absolute Gasteiger partial charge is 0.347 e. The third kappa shape index (κ3) is 2.65. The van der Waals surface area contributed by atoms with Crippen molar-refractivity contribution in [1.82, 2.24) is 9.97 Å². The number of ketones is 1. The number of aromatic nitrogens is 2. The summed E-state index contributed by atoms with van der Waals surface area (Å²) >= 11 is 1.38. The molecular formula is C20H10N2O4S. The number of hydrogen-bond acceptors (Lipinski definition) is 7. The average Bonchev–Trinajstić information content (AvgIpc) is 3.24. The molecule has 2 aromatic carbocycles. The van der Waals surface area contributed by atoms with E-state index in [1.54, 1.807) is 24.3 Å². The summed E-state index contributed by atoms with van der Waals surface area (Å²) < 4.78 is 10.8. The van der Waals surface area contributed by atoms with Crippen molar-refractivity contribution < 1.29 is 18.7 Å². The van der Waals surface area contributed by atoms with Gasteiger partial charge in [0.2, 0.25) is 11.7 Å². The van der Waals surface area contributed by atoms with Crippen molar-refractivity contribution in [2.45, 2.75) is 0 Å². The second-order valence-electron chi connectivity index (χ2n) is 5.82. The van der Waals surface area contributed by atoms with E-state index in [9.17, 15) is 9.59 Å². The van der Waals surface area contributed by atoms with Gasteiger partial charge in [0.05, 0.1) is 5.56 Å². The SMILES string of the molecule is O=C1Oc2ccccc2C(=O)/C1=C/c1nc2sc(-c3ccccc3)nc2o1. The van der Waals surface area contributed by atoms with Crippen LogP contribution in [0.15, 0.2) is 64.6 Å². The maximum Gasteiger partial charge on any atom is 0.347 e. The molecule has 2 aromatic heterocycles. The minimum absolute atomic E-state index is 0.120. The van der Waals surface area contributed by atoms with E-state index in [2.05, 4.69) is 9.97 Å². The summed E-state index contributed by atoms with van der Waals surface area (Å²) in [5, 5.41) is 0.790. The van der Waals surface area contributed by atoms with Crippen LogP contribution in [0.25, 0.3) is 27.2 Å². The van der Waals surface area contributed by atoms with E-state index in [0.29, 0.717) is 16.1 Å². The maximum atomic E-state index is 12.6. The lowest BCUT2D eigenvalue weighted by Crippen LogP contribution is -2.24. The summed E-state index contributed by atoms with van der Waals surface area (Å²) in [6.45, 7) is 0. The fraction of sp³-hybridized carbons (Fsp3) is 0. The number of carbonyl (C=O) groups excluding carboxylic acids is 2. The molecule has 4 aromatic rings. The summed E-state index contributed by atoms with van der Waals surface area (Å²) in [5.41, 5.74) is 1.55. The highest BCUT2D eigenvalue weighted by atomic mass is 32.1. The molecule has 5 rings (SSSR count). The number of Topliss-reactive ketones (excluding diaryl/α,β-unsaturated/α-hetero) is 1. The molecule has 0 N–H and O–H groups in total. The first-order valence-electron chi connectivity index (χ1n) is 8.09. The van der Waals surface area contributed by atoms with Crippen LogP contribution in [0.1, 0.15) is 16.2 Å². The van der Waals surface area contributed by atoms with Gasteiger partial charge in [-0.05, 0) is 12.1 Å². The summed E-state index contributed by atoms with van der Waals surface area (Å²) in [6.07, 6.45) is 1.30. The summed E-state index contributed by atoms with van der Waals surface area (Å²) in [4.78, 5) is 34.1. The van der Waals surface area contributed by atoms with Crippen LogP contribution >= 0.6 is 11.3 Å². The van der Waals surface area contributed by atoms with Gasteiger partial charge in [-0.25, -0.2) is 4.79 Å². The van der Waals surface area contributed by atoms with Crippen LogP contribution in [0.3, 0.4) is 0 Å². The van der Waals surface area contributed by atoms with Gasteiger partial charge < -0.3 is 9.15 Å². The number of fused-ring (bicyclic) bond motifs is 2. The van der Waals surface area contributed by atoms with Crippen molar-refractivity contribution in [1.29, 1.82) is 0 Å². The largest absolute Gasteiger partial charge is 0.422 e. The Hall–Kier alpha value is -3.58. The molecule has 130 valence electrons. The van der Waals surface area contributed by atoms with Crippen molar-refractivity contribution in [2.24, 2.45) is 0 Å². The number of esters is 1.